The molecule has 6 heteroatoms. The van der Waals surface area contributed by atoms with Crippen LogP contribution in [0.25, 0.3) is 11.4 Å². The molecular formula is C16H16N4OS. The molecule has 0 spiro atoms. The van der Waals surface area contributed by atoms with Gasteiger partial charge in [0.2, 0.25) is 0 Å². The largest absolute Gasteiger partial charge is 0.494 e. The lowest BCUT2D eigenvalue weighted by atomic mass is 10.3. The molecule has 3 aromatic rings. The molecule has 0 amide bonds. The Morgan fingerprint density at radius 1 is 1.14 bits per heavy atom. The van der Waals surface area contributed by atoms with Crippen LogP contribution in [0.15, 0.2) is 42.0 Å². The van der Waals surface area contributed by atoms with Gasteiger partial charge in [-0.05, 0) is 37.6 Å². The van der Waals surface area contributed by atoms with Crippen molar-refractivity contribution >= 4 is 22.3 Å². The first-order chi connectivity index (χ1) is 10.7. The van der Waals surface area contributed by atoms with Gasteiger partial charge >= 0.3 is 0 Å². The molecule has 3 heterocycles. The third-order valence-electron chi connectivity index (χ3n) is 2.96. The number of nitrogens with zero attached hydrogens (tertiary/aromatic N) is 3. The molecule has 0 aromatic carbocycles. The minimum absolute atomic E-state index is 0.631. The highest BCUT2D eigenvalue weighted by atomic mass is 32.1. The molecule has 22 heavy (non-hydrogen) atoms. The number of aryl methyl sites for hydroxylation is 1. The summed E-state index contributed by atoms with van der Waals surface area (Å²) >= 11 is 1.52. The summed E-state index contributed by atoms with van der Waals surface area (Å²) in [4.78, 5) is 13.2. The highest BCUT2D eigenvalue weighted by Gasteiger charge is 2.08. The van der Waals surface area contributed by atoms with Crippen molar-refractivity contribution in [3.05, 3.63) is 47.6 Å². The maximum Gasteiger partial charge on any atom is 0.188 e. The van der Waals surface area contributed by atoms with Crippen molar-refractivity contribution < 1.29 is 4.74 Å². The zero-order valence-electron chi connectivity index (χ0n) is 12.4. The smallest absolute Gasteiger partial charge is 0.188 e. The molecule has 112 valence electrons. The lowest BCUT2D eigenvalue weighted by Crippen LogP contribution is -1.94. The predicted molar refractivity (Wildman–Crippen MR) is 88.8 cm³/mol. The van der Waals surface area contributed by atoms with Gasteiger partial charge in [-0.2, -0.15) is 0 Å². The number of thiazole rings is 1. The molecule has 0 fully saturated rings. The maximum absolute atomic E-state index is 5.49. The van der Waals surface area contributed by atoms with Crippen molar-refractivity contribution in [2.75, 3.05) is 11.9 Å². The van der Waals surface area contributed by atoms with Crippen molar-refractivity contribution in [2.45, 2.75) is 13.8 Å². The number of anilines is 2. The molecule has 0 aliphatic carbocycles. The summed E-state index contributed by atoms with van der Waals surface area (Å²) in [6, 6.07) is 7.68. The summed E-state index contributed by atoms with van der Waals surface area (Å²) in [7, 11) is 0. The molecule has 0 aliphatic rings. The van der Waals surface area contributed by atoms with Gasteiger partial charge < -0.3 is 10.1 Å². The van der Waals surface area contributed by atoms with Crippen LogP contribution in [0.2, 0.25) is 0 Å². The van der Waals surface area contributed by atoms with Crippen molar-refractivity contribution in [3.63, 3.8) is 0 Å². The molecule has 5 nitrogen and oxygen atoms in total. The molecule has 0 unspecified atom stereocenters. The van der Waals surface area contributed by atoms with Gasteiger partial charge in [-0.3, -0.25) is 4.98 Å². The Morgan fingerprint density at radius 3 is 2.82 bits per heavy atom. The van der Waals surface area contributed by atoms with Gasteiger partial charge in [0.25, 0.3) is 0 Å². The number of pyridine rings is 2. The van der Waals surface area contributed by atoms with Crippen molar-refractivity contribution in [1.29, 1.82) is 0 Å². The number of hydrogen-bond donors (Lipinski definition) is 1. The van der Waals surface area contributed by atoms with Crippen molar-refractivity contribution in [3.8, 4) is 17.1 Å². The van der Waals surface area contributed by atoms with E-state index in [1.807, 2.05) is 43.5 Å². The average Bonchev–Trinajstić information content (AvgIpc) is 2.96. The van der Waals surface area contributed by atoms with E-state index >= 15 is 0 Å². The first-order valence-electron chi connectivity index (χ1n) is 6.99. The third kappa shape index (κ3) is 3.40. The average molecular weight is 312 g/mol. The van der Waals surface area contributed by atoms with Crippen LogP contribution < -0.4 is 10.1 Å². The van der Waals surface area contributed by atoms with E-state index in [0.29, 0.717) is 6.61 Å². The summed E-state index contributed by atoms with van der Waals surface area (Å²) in [5, 5.41) is 5.97. The molecule has 3 aromatic heterocycles. The van der Waals surface area contributed by atoms with Crippen LogP contribution in [0, 0.1) is 6.92 Å². The van der Waals surface area contributed by atoms with Gasteiger partial charge in [0.15, 0.2) is 5.13 Å². The first-order valence-corrected chi connectivity index (χ1v) is 7.87. The van der Waals surface area contributed by atoms with E-state index in [1.165, 1.54) is 11.3 Å². The number of aromatic nitrogens is 3. The van der Waals surface area contributed by atoms with E-state index in [4.69, 9.17) is 4.74 Å². The molecule has 3 rings (SSSR count). The topological polar surface area (TPSA) is 59.9 Å². The van der Waals surface area contributed by atoms with Crippen LogP contribution in [-0.2, 0) is 0 Å². The van der Waals surface area contributed by atoms with E-state index in [2.05, 4.69) is 20.3 Å². The summed E-state index contributed by atoms with van der Waals surface area (Å²) in [6.07, 6.45) is 3.51. The molecule has 0 aliphatic heterocycles. The molecule has 1 N–H and O–H groups in total. The Balaban J connectivity index is 1.80. The second kappa shape index (κ2) is 6.53. The SMILES string of the molecule is CCOc1ccnc(-c2csc(Nc3cc(C)ccn3)n2)c1. The van der Waals surface area contributed by atoms with Gasteiger partial charge in [0, 0.05) is 23.8 Å². The number of nitrogens with one attached hydrogen (secondary N) is 1. The normalized spacial score (nSPS) is 10.5. The van der Waals surface area contributed by atoms with Crippen LogP contribution in [0.4, 0.5) is 10.9 Å². The van der Waals surface area contributed by atoms with E-state index in [1.54, 1.807) is 12.4 Å². The van der Waals surface area contributed by atoms with Gasteiger partial charge in [-0.1, -0.05) is 0 Å². The maximum atomic E-state index is 5.49. The zero-order valence-corrected chi connectivity index (χ0v) is 13.2. The van der Waals surface area contributed by atoms with E-state index in [-0.39, 0.29) is 0 Å². The quantitative estimate of drug-likeness (QED) is 0.770. The summed E-state index contributed by atoms with van der Waals surface area (Å²) in [5.41, 5.74) is 2.77. The van der Waals surface area contributed by atoms with Crippen molar-refractivity contribution in [2.24, 2.45) is 0 Å². The first kappa shape index (κ1) is 14.5. The van der Waals surface area contributed by atoms with E-state index in [9.17, 15) is 0 Å². The predicted octanol–water partition coefficient (Wildman–Crippen LogP) is 4.05. The minimum Gasteiger partial charge on any atom is -0.494 e. The van der Waals surface area contributed by atoms with Gasteiger partial charge in [0.05, 0.1) is 12.3 Å². The van der Waals surface area contributed by atoms with Crippen LogP contribution >= 0.6 is 11.3 Å². The molecule has 0 saturated carbocycles. The fraction of sp³-hybridized carbons (Fsp3) is 0.188. The third-order valence-corrected chi connectivity index (χ3v) is 3.72. The molecule has 0 bridgehead atoms. The number of rotatable bonds is 5. The van der Waals surface area contributed by atoms with Crippen LogP contribution in [-0.4, -0.2) is 21.6 Å². The van der Waals surface area contributed by atoms with Crippen molar-refractivity contribution in [1.82, 2.24) is 15.0 Å². The zero-order chi connectivity index (χ0) is 15.4. The lowest BCUT2D eigenvalue weighted by molar-refractivity contribution is 0.340. The highest BCUT2D eigenvalue weighted by Crippen LogP contribution is 2.27. The highest BCUT2D eigenvalue weighted by molar-refractivity contribution is 7.14. The van der Waals surface area contributed by atoms with Crippen LogP contribution in [0.5, 0.6) is 5.75 Å². The minimum atomic E-state index is 0.631. The Kier molecular flexibility index (Phi) is 4.29. The Hall–Kier alpha value is -2.47. The summed E-state index contributed by atoms with van der Waals surface area (Å²) in [5.74, 6) is 1.59. The second-order valence-electron chi connectivity index (χ2n) is 4.69. The van der Waals surface area contributed by atoms with Crippen LogP contribution in [0.1, 0.15) is 12.5 Å². The molecule has 0 saturated heterocycles. The monoisotopic (exact) mass is 312 g/mol. The Bertz CT molecular complexity index is 772. The second-order valence-corrected chi connectivity index (χ2v) is 5.55. The molecule has 0 atom stereocenters. The van der Waals surface area contributed by atoms with E-state index < -0.39 is 0 Å². The molecular weight excluding hydrogens is 296 g/mol. The fourth-order valence-electron chi connectivity index (χ4n) is 1.97. The van der Waals surface area contributed by atoms with Gasteiger partial charge in [-0.25, -0.2) is 9.97 Å². The molecule has 0 radical (unpaired) electrons. The summed E-state index contributed by atoms with van der Waals surface area (Å²) < 4.78 is 5.49. The standard InChI is InChI=1S/C16H16N4OS/c1-3-21-12-5-7-17-13(9-12)14-10-22-16(19-14)20-15-8-11(2)4-6-18-15/h4-10H,3H2,1-2H3,(H,18,19,20). The lowest BCUT2D eigenvalue weighted by Gasteiger charge is -2.03. The Labute approximate surface area is 133 Å². The van der Waals surface area contributed by atoms with E-state index in [0.717, 1.165) is 33.7 Å². The fourth-order valence-corrected chi connectivity index (χ4v) is 2.68. The number of ether oxygens (including phenoxy) is 1. The Morgan fingerprint density at radius 2 is 2.00 bits per heavy atom. The van der Waals surface area contributed by atoms with Crippen LogP contribution in [0.3, 0.4) is 0 Å². The summed E-state index contributed by atoms with van der Waals surface area (Å²) in [6.45, 7) is 4.62. The number of hydrogen-bond acceptors (Lipinski definition) is 6. The van der Waals surface area contributed by atoms with Gasteiger partial charge in [0.1, 0.15) is 17.3 Å². The van der Waals surface area contributed by atoms with Gasteiger partial charge in [-0.15, -0.1) is 11.3 Å².